The van der Waals surface area contributed by atoms with Crippen molar-refractivity contribution in [2.24, 2.45) is 0 Å². The molecule has 0 aromatic carbocycles. The molecule has 0 amide bonds. The van der Waals surface area contributed by atoms with Crippen LogP contribution >= 0.6 is 0 Å². The molecule has 0 saturated heterocycles. The number of allylic oxidation sites excluding steroid dienone is 2. The minimum atomic E-state index is -0.780. The second-order valence-electron chi connectivity index (χ2n) is 4.12. The Morgan fingerprint density at radius 3 is 2.27 bits per heavy atom. The third kappa shape index (κ3) is 4.58. The van der Waals surface area contributed by atoms with E-state index >= 15 is 0 Å². The lowest BCUT2D eigenvalue weighted by molar-refractivity contribution is -0.202. The fourth-order valence-electron chi connectivity index (χ4n) is 1.83. The molecule has 15 heavy (non-hydrogen) atoms. The first kappa shape index (κ1) is 12.4. The van der Waals surface area contributed by atoms with Gasteiger partial charge in [0, 0.05) is 26.4 Å². The van der Waals surface area contributed by atoms with Gasteiger partial charge in [0.1, 0.15) is 0 Å². The van der Waals surface area contributed by atoms with E-state index in [1.54, 1.807) is 13.2 Å². The molecule has 2 aliphatic rings. The van der Waals surface area contributed by atoms with Gasteiger partial charge in [0.25, 0.3) is 0 Å². The van der Waals surface area contributed by atoms with Crippen molar-refractivity contribution in [2.75, 3.05) is 7.11 Å². The largest absolute Gasteiger partial charge is 0.365 e. The summed E-state index contributed by atoms with van der Waals surface area (Å²) in [6.07, 6.45) is 10.3. The number of carbonyl (C=O) groups excluding carboxylic acids is 1. The van der Waals surface area contributed by atoms with Crippen LogP contribution in [0.1, 0.15) is 44.9 Å². The van der Waals surface area contributed by atoms with Crippen LogP contribution in [-0.4, -0.2) is 23.8 Å². The minimum Gasteiger partial charge on any atom is -0.365 e. The Balaban J connectivity index is 0.000000162. The average Bonchev–Trinajstić information content (AvgIpc) is 2.71. The molecule has 0 spiro atoms. The van der Waals surface area contributed by atoms with Gasteiger partial charge in [0.05, 0.1) is 0 Å². The molecule has 1 saturated carbocycles. The molecule has 3 nitrogen and oxygen atoms in total. The molecule has 86 valence electrons. The Morgan fingerprint density at radius 1 is 1.33 bits per heavy atom. The van der Waals surface area contributed by atoms with E-state index in [9.17, 15) is 9.90 Å². The van der Waals surface area contributed by atoms with E-state index in [0.717, 1.165) is 38.5 Å². The van der Waals surface area contributed by atoms with Gasteiger partial charge in [0.2, 0.25) is 0 Å². The summed E-state index contributed by atoms with van der Waals surface area (Å²) in [4.78, 5) is 10.2. The Hall–Kier alpha value is -0.670. The normalized spacial score (nSPS) is 23.5. The molecule has 0 aromatic rings. The van der Waals surface area contributed by atoms with Gasteiger partial charge in [-0.3, -0.25) is 4.79 Å². The summed E-state index contributed by atoms with van der Waals surface area (Å²) in [7, 11) is 1.57. The second kappa shape index (κ2) is 6.03. The smallest absolute Gasteiger partial charge is 0.165 e. The number of aliphatic hydroxyl groups is 1. The van der Waals surface area contributed by atoms with E-state index in [0.29, 0.717) is 0 Å². The summed E-state index contributed by atoms with van der Waals surface area (Å²) in [6.45, 7) is 0. The zero-order valence-corrected chi connectivity index (χ0v) is 9.37. The van der Waals surface area contributed by atoms with Crippen molar-refractivity contribution in [2.45, 2.75) is 50.7 Å². The molecule has 0 unspecified atom stereocenters. The molecule has 0 aliphatic heterocycles. The highest BCUT2D eigenvalue weighted by atomic mass is 16.6. The van der Waals surface area contributed by atoms with E-state index in [1.807, 2.05) is 6.08 Å². The Labute approximate surface area is 91.1 Å². The van der Waals surface area contributed by atoms with Gasteiger partial charge in [-0.05, 0) is 25.3 Å². The maximum atomic E-state index is 10.2. The highest BCUT2D eigenvalue weighted by Crippen LogP contribution is 2.27. The standard InChI is InChI=1S/C7H14O2.C5H6O/c1-9-7(8)5-3-2-4-6-7;6-5-3-1-2-4-5/h8H,2-6H2,1H3;1,3H,2,4H2. The molecule has 2 aliphatic carbocycles. The number of hydrogen-bond donors (Lipinski definition) is 1. The maximum absolute atomic E-state index is 10.2. The van der Waals surface area contributed by atoms with Crippen LogP contribution in [0.5, 0.6) is 0 Å². The Morgan fingerprint density at radius 2 is 2.00 bits per heavy atom. The third-order valence-corrected chi connectivity index (χ3v) is 2.88. The fraction of sp³-hybridized carbons (Fsp3) is 0.750. The summed E-state index contributed by atoms with van der Waals surface area (Å²) < 4.78 is 4.93. The van der Waals surface area contributed by atoms with Crippen molar-refractivity contribution in [3.05, 3.63) is 12.2 Å². The van der Waals surface area contributed by atoms with Crippen molar-refractivity contribution in [1.82, 2.24) is 0 Å². The molecule has 0 bridgehead atoms. The van der Waals surface area contributed by atoms with Crippen LogP contribution in [0.25, 0.3) is 0 Å². The minimum absolute atomic E-state index is 0.273. The molecule has 2 rings (SSSR count). The highest BCUT2D eigenvalue weighted by molar-refractivity contribution is 5.91. The zero-order valence-electron chi connectivity index (χ0n) is 9.37. The van der Waals surface area contributed by atoms with Gasteiger partial charge < -0.3 is 9.84 Å². The van der Waals surface area contributed by atoms with Gasteiger partial charge in [-0.1, -0.05) is 12.5 Å². The summed E-state index contributed by atoms with van der Waals surface area (Å²) in [5.41, 5.74) is 0. The van der Waals surface area contributed by atoms with Crippen LogP contribution < -0.4 is 0 Å². The van der Waals surface area contributed by atoms with E-state index in [2.05, 4.69) is 0 Å². The molecule has 0 atom stereocenters. The molecule has 3 heteroatoms. The topological polar surface area (TPSA) is 46.5 Å². The molecule has 1 N–H and O–H groups in total. The monoisotopic (exact) mass is 212 g/mol. The van der Waals surface area contributed by atoms with Gasteiger partial charge in [-0.2, -0.15) is 0 Å². The Kier molecular flexibility index (Phi) is 4.99. The number of ketones is 1. The fourth-order valence-corrected chi connectivity index (χ4v) is 1.83. The number of hydrogen-bond acceptors (Lipinski definition) is 3. The van der Waals surface area contributed by atoms with Crippen molar-refractivity contribution in [3.63, 3.8) is 0 Å². The van der Waals surface area contributed by atoms with Crippen LogP contribution in [0, 0.1) is 0 Å². The van der Waals surface area contributed by atoms with Crippen LogP contribution in [0.2, 0.25) is 0 Å². The summed E-state index contributed by atoms with van der Waals surface area (Å²) >= 11 is 0. The number of rotatable bonds is 1. The van der Waals surface area contributed by atoms with E-state index < -0.39 is 5.79 Å². The van der Waals surface area contributed by atoms with Crippen LogP contribution in [-0.2, 0) is 9.53 Å². The van der Waals surface area contributed by atoms with Crippen molar-refractivity contribution < 1.29 is 14.6 Å². The number of methoxy groups -OCH3 is 1. The number of ether oxygens (including phenoxy) is 1. The predicted molar refractivity (Wildman–Crippen MR) is 58.4 cm³/mol. The first-order valence-corrected chi connectivity index (χ1v) is 5.63. The zero-order chi connectivity index (χ0) is 11.1. The third-order valence-electron chi connectivity index (χ3n) is 2.88. The van der Waals surface area contributed by atoms with Crippen molar-refractivity contribution in [1.29, 1.82) is 0 Å². The van der Waals surface area contributed by atoms with E-state index in [4.69, 9.17) is 4.74 Å². The van der Waals surface area contributed by atoms with Gasteiger partial charge in [-0.25, -0.2) is 0 Å². The van der Waals surface area contributed by atoms with Crippen molar-refractivity contribution in [3.8, 4) is 0 Å². The van der Waals surface area contributed by atoms with E-state index in [-0.39, 0.29) is 5.78 Å². The molecular formula is C12H20O3. The summed E-state index contributed by atoms with van der Waals surface area (Å²) in [5.74, 6) is -0.506. The molecule has 0 radical (unpaired) electrons. The average molecular weight is 212 g/mol. The first-order chi connectivity index (χ1) is 7.16. The quantitative estimate of drug-likeness (QED) is 0.678. The second-order valence-corrected chi connectivity index (χ2v) is 4.12. The van der Waals surface area contributed by atoms with Gasteiger partial charge >= 0.3 is 0 Å². The summed E-state index contributed by atoms with van der Waals surface area (Å²) in [6, 6.07) is 0. The lowest BCUT2D eigenvalue weighted by Crippen LogP contribution is -2.32. The van der Waals surface area contributed by atoms with Crippen LogP contribution in [0.15, 0.2) is 12.2 Å². The maximum Gasteiger partial charge on any atom is 0.165 e. The lowest BCUT2D eigenvalue weighted by atomic mass is 9.94. The molecule has 1 fully saturated rings. The van der Waals surface area contributed by atoms with Crippen LogP contribution in [0.4, 0.5) is 0 Å². The highest BCUT2D eigenvalue weighted by Gasteiger charge is 2.27. The lowest BCUT2D eigenvalue weighted by Gasteiger charge is -2.29. The van der Waals surface area contributed by atoms with Gasteiger partial charge in [-0.15, -0.1) is 0 Å². The molecular weight excluding hydrogens is 192 g/mol. The Bertz CT molecular complexity index is 227. The summed E-state index contributed by atoms with van der Waals surface area (Å²) in [5, 5.41) is 9.46. The molecule has 0 heterocycles. The first-order valence-electron chi connectivity index (χ1n) is 5.63. The van der Waals surface area contributed by atoms with Gasteiger partial charge in [0.15, 0.2) is 11.6 Å². The SMILES string of the molecule is COC1(O)CCCCC1.O=C1C=CCC1. The van der Waals surface area contributed by atoms with Crippen molar-refractivity contribution >= 4 is 5.78 Å². The van der Waals surface area contributed by atoms with Crippen LogP contribution in [0.3, 0.4) is 0 Å². The predicted octanol–water partition coefficient (Wildman–Crippen LogP) is 2.19. The number of carbonyl (C=O) groups is 1. The molecule has 0 aromatic heterocycles. The van der Waals surface area contributed by atoms with E-state index in [1.165, 1.54) is 6.42 Å².